The SMILES string of the molecule is Cc1c(CC(=O)N(CCC2CCCCC2)C2CCCCC2)c2cc(CO)ccc2n1C(=O)c1ccc(Cl)cc1. The Morgan fingerprint density at radius 3 is 2.28 bits per heavy atom. The highest BCUT2D eigenvalue weighted by atomic mass is 35.5. The van der Waals surface area contributed by atoms with Crippen molar-refractivity contribution in [2.45, 2.75) is 96.6 Å². The number of fused-ring (bicyclic) bond motifs is 1. The van der Waals surface area contributed by atoms with Crippen molar-refractivity contribution >= 4 is 34.3 Å². The zero-order valence-corrected chi connectivity index (χ0v) is 23.9. The normalized spacial score (nSPS) is 17.0. The molecule has 39 heavy (non-hydrogen) atoms. The van der Waals surface area contributed by atoms with Crippen molar-refractivity contribution in [1.82, 2.24) is 9.47 Å². The standard InChI is InChI=1S/C33H41ClN2O3/c1-23-29(21-32(38)35(28-10-6-3-7-11-28)19-18-24-8-4-2-5-9-24)30-20-25(22-37)12-17-31(30)36(23)33(39)26-13-15-27(34)16-14-26/h12-17,20,24,28,37H,2-11,18-19,21-22H2,1H3. The number of benzene rings is 2. The molecule has 2 aliphatic rings. The molecular weight excluding hydrogens is 508 g/mol. The Kier molecular flexibility index (Phi) is 9.09. The number of hydrogen-bond acceptors (Lipinski definition) is 3. The molecule has 5 rings (SSSR count). The van der Waals surface area contributed by atoms with Crippen molar-refractivity contribution in [2.75, 3.05) is 6.54 Å². The molecule has 5 nitrogen and oxygen atoms in total. The van der Waals surface area contributed by atoms with Crippen LogP contribution in [0.25, 0.3) is 10.9 Å². The molecule has 0 saturated heterocycles. The van der Waals surface area contributed by atoms with Crippen molar-refractivity contribution < 1.29 is 14.7 Å². The highest BCUT2D eigenvalue weighted by Crippen LogP contribution is 2.32. The fraction of sp³-hybridized carbons (Fsp3) is 0.515. The summed E-state index contributed by atoms with van der Waals surface area (Å²) in [7, 11) is 0. The third-order valence-electron chi connectivity index (χ3n) is 9.04. The van der Waals surface area contributed by atoms with Crippen LogP contribution in [0.4, 0.5) is 0 Å². The Morgan fingerprint density at radius 1 is 0.949 bits per heavy atom. The van der Waals surface area contributed by atoms with Gasteiger partial charge in [0.05, 0.1) is 18.5 Å². The molecule has 2 aliphatic carbocycles. The number of hydrogen-bond donors (Lipinski definition) is 1. The molecular formula is C33H41ClN2O3. The number of halogens is 1. The van der Waals surface area contributed by atoms with E-state index in [2.05, 4.69) is 4.90 Å². The fourth-order valence-corrected chi connectivity index (χ4v) is 6.92. The first-order valence-electron chi connectivity index (χ1n) is 14.8. The van der Waals surface area contributed by atoms with Crippen molar-refractivity contribution in [1.29, 1.82) is 0 Å². The van der Waals surface area contributed by atoms with Gasteiger partial charge in [-0.25, -0.2) is 0 Å². The summed E-state index contributed by atoms with van der Waals surface area (Å²) in [5.74, 6) is 0.740. The third kappa shape index (κ3) is 6.25. The molecule has 1 amide bonds. The smallest absolute Gasteiger partial charge is 0.262 e. The van der Waals surface area contributed by atoms with Gasteiger partial charge in [-0.05, 0) is 79.6 Å². The maximum absolute atomic E-state index is 14.1. The van der Waals surface area contributed by atoms with E-state index < -0.39 is 0 Å². The van der Waals surface area contributed by atoms with Crippen molar-refractivity contribution in [3.05, 3.63) is 69.9 Å². The van der Waals surface area contributed by atoms with Gasteiger partial charge in [0.1, 0.15) is 0 Å². The number of carbonyl (C=O) groups is 2. The van der Waals surface area contributed by atoms with Crippen LogP contribution in [0.15, 0.2) is 42.5 Å². The molecule has 1 heterocycles. The second-order valence-electron chi connectivity index (χ2n) is 11.6. The summed E-state index contributed by atoms with van der Waals surface area (Å²) >= 11 is 6.07. The summed E-state index contributed by atoms with van der Waals surface area (Å²) in [6.07, 6.45) is 13.7. The van der Waals surface area contributed by atoms with Crippen LogP contribution in [0.2, 0.25) is 5.02 Å². The third-order valence-corrected chi connectivity index (χ3v) is 9.29. The van der Waals surface area contributed by atoms with E-state index in [9.17, 15) is 14.7 Å². The zero-order chi connectivity index (χ0) is 27.4. The highest BCUT2D eigenvalue weighted by Gasteiger charge is 2.29. The number of aliphatic hydroxyl groups excluding tert-OH is 1. The van der Waals surface area contributed by atoms with Crippen LogP contribution < -0.4 is 0 Å². The lowest BCUT2D eigenvalue weighted by molar-refractivity contribution is -0.133. The van der Waals surface area contributed by atoms with Gasteiger partial charge in [0, 0.05) is 34.3 Å². The molecule has 0 spiro atoms. The molecule has 0 unspecified atom stereocenters. The predicted molar refractivity (Wildman–Crippen MR) is 157 cm³/mol. The van der Waals surface area contributed by atoms with E-state index in [1.807, 2.05) is 25.1 Å². The number of carbonyl (C=O) groups excluding carboxylic acids is 2. The molecule has 0 atom stereocenters. The van der Waals surface area contributed by atoms with Gasteiger partial charge in [-0.1, -0.05) is 69.0 Å². The van der Waals surface area contributed by atoms with Crippen LogP contribution in [-0.2, 0) is 17.8 Å². The quantitative estimate of drug-likeness (QED) is 0.318. The zero-order valence-electron chi connectivity index (χ0n) is 23.1. The molecule has 0 bridgehead atoms. The second-order valence-corrected chi connectivity index (χ2v) is 12.0. The fourth-order valence-electron chi connectivity index (χ4n) is 6.79. The molecule has 2 saturated carbocycles. The molecule has 1 aromatic heterocycles. The van der Waals surface area contributed by atoms with Gasteiger partial charge in [0.15, 0.2) is 0 Å². The minimum absolute atomic E-state index is 0.0890. The summed E-state index contributed by atoms with van der Waals surface area (Å²) < 4.78 is 1.72. The van der Waals surface area contributed by atoms with Crippen molar-refractivity contribution in [2.24, 2.45) is 5.92 Å². The number of nitrogens with zero attached hydrogens (tertiary/aromatic N) is 2. The van der Waals surface area contributed by atoms with Gasteiger partial charge < -0.3 is 10.0 Å². The molecule has 0 radical (unpaired) electrons. The number of amides is 1. The van der Waals surface area contributed by atoms with E-state index in [0.29, 0.717) is 16.6 Å². The summed E-state index contributed by atoms with van der Waals surface area (Å²) in [5, 5.41) is 11.3. The Hall–Kier alpha value is -2.63. The average Bonchev–Trinajstić information content (AvgIpc) is 3.24. The van der Waals surface area contributed by atoms with Gasteiger partial charge in [-0.3, -0.25) is 14.2 Å². The number of rotatable bonds is 8. The topological polar surface area (TPSA) is 62.5 Å². The van der Waals surface area contributed by atoms with E-state index in [1.54, 1.807) is 28.8 Å². The molecule has 1 N–H and O–H groups in total. The largest absolute Gasteiger partial charge is 0.392 e. The van der Waals surface area contributed by atoms with Crippen LogP contribution >= 0.6 is 11.6 Å². The predicted octanol–water partition coefficient (Wildman–Crippen LogP) is 7.46. The Morgan fingerprint density at radius 2 is 1.62 bits per heavy atom. The first-order chi connectivity index (χ1) is 19.0. The van der Waals surface area contributed by atoms with Crippen molar-refractivity contribution in [3.8, 4) is 0 Å². The first-order valence-corrected chi connectivity index (χ1v) is 15.2. The Labute approximate surface area is 237 Å². The average molecular weight is 549 g/mol. The van der Waals surface area contributed by atoms with Crippen LogP contribution in [0.1, 0.15) is 97.8 Å². The van der Waals surface area contributed by atoms with E-state index in [1.165, 1.54) is 51.4 Å². The van der Waals surface area contributed by atoms with Crippen molar-refractivity contribution in [3.63, 3.8) is 0 Å². The Bertz CT molecular complexity index is 1300. The maximum Gasteiger partial charge on any atom is 0.262 e. The summed E-state index contributed by atoms with van der Waals surface area (Å²) in [6, 6.07) is 12.9. The van der Waals surface area contributed by atoms with Crippen LogP contribution in [-0.4, -0.2) is 39.0 Å². The van der Waals surface area contributed by atoms with Gasteiger partial charge in [0.2, 0.25) is 5.91 Å². The van der Waals surface area contributed by atoms with E-state index in [4.69, 9.17) is 11.6 Å². The van der Waals surface area contributed by atoms with E-state index >= 15 is 0 Å². The maximum atomic E-state index is 14.1. The van der Waals surface area contributed by atoms with E-state index in [-0.39, 0.29) is 24.8 Å². The van der Waals surface area contributed by atoms with Gasteiger partial charge in [0.25, 0.3) is 5.91 Å². The van der Waals surface area contributed by atoms with Gasteiger partial charge >= 0.3 is 0 Å². The van der Waals surface area contributed by atoms with Gasteiger partial charge in [-0.15, -0.1) is 0 Å². The first kappa shape index (κ1) is 27.9. The molecule has 3 aromatic rings. The highest BCUT2D eigenvalue weighted by molar-refractivity contribution is 6.30. The number of aliphatic hydroxyl groups is 1. The lowest BCUT2D eigenvalue weighted by atomic mass is 9.86. The minimum Gasteiger partial charge on any atom is -0.392 e. The monoisotopic (exact) mass is 548 g/mol. The molecule has 208 valence electrons. The molecule has 2 aromatic carbocycles. The van der Waals surface area contributed by atoms with Crippen LogP contribution in [0.3, 0.4) is 0 Å². The van der Waals surface area contributed by atoms with Crippen LogP contribution in [0, 0.1) is 12.8 Å². The lowest BCUT2D eigenvalue weighted by Gasteiger charge is -2.36. The van der Waals surface area contributed by atoms with Gasteiger partial charge in [-0.2, -0.15) is 0 Å². The number of aromatic nitrogens is 1. The molecule has 6 heteroatoms. The van der Waals surface area contributed by atoms with Crippen LogP contribution in [0.5, 0.6) is 0 Å². The summed E-state index contributed by atoms with van der Waals surface area (Å²) in [5.41, 5.74) is 3.74. The molecule has 0 aliphatic heterocycles. The Balaban J connectivity index is 1.47. The molecule has 2 fully saturated rings. The lowest BCUT2D eigenvalue weighted by Crippen LogP contribution is -2.43. The van der Waals surface area contributed by atoms with E-state index in [0.717, 1.165) is 59.4 Å². The second kappa shape index (κ2) is 12.7. The summed E-state index contributed by atoms with van der Waals surface area (Å²) in [4.78, 5) is 30.0. The summed E-state index contributed by atoms with van der Waals surface area (Å²) in [6.45, 7) is 2.67. The minimum atomic E-state index is -0.147.